The molecule has 0 aliphatic heterocycles. The molecule has 9 atom stereocenters. The standard InChI is InChI=1S/C43H70O2/c1-8-9-10-11-12-13-14-15-16-17-18-19-20-41(44)45-36-27-29-42(6)35(31-36)23-24-37-39-26-25-38(43(39,7)30-28-40(37)42)34(5)22-21-33(4)32(2)3/h12-13,15-16,21-23,32-34,36-40H,8-11,14,17-20,24-31H2,1-7H3/b13-12-,16-15-,22-21+. The van der Waals surface area contributed by atoms with E-state index in [4.69, 9.17) is 4.74 Å². The molecule has 0 bridgehead atoms. The van der Waals surface area contributed by atoms with Crippen LogP contribution in [0, 0.1) is 52.3 Å². The Morgan fingerprint density at radius 3 is 2.33 bits per heavy atom. The zero-order chi connectivity index (χ0) is 32.5. The van der Waals surface area contributed by atoms with Crippen LogP contribution in [0.15, 0.2) is 48.1 Å². The number of unbranched alkanes of at least 4 members (excludes halogenated alkanes) is 5. The topological polar surface area (TPSA) is 26.3 Å². The fraction of sp³-hybridized carbons (Fsp3) is 0.791. The summed E-state index contributed by atoms with van der Waals surface area (Å²) in [4.78, 5) is 12.8. The number of carbonyl (C=O) groups is 1. The summed E-state index contributed by atoms with van der Waals surface area (Å²) in [6.07, 6.45) is 36.8. The quantitative estimate of drug-likeness (QED) is 0.0977. The van der Waals surface area contributed by atoms with E-state index in [2.05, 4.69) is 91.0 Å². The van der Waals surface area contributed by atoms with Crippen molar-refractivity contribution >= 4 is 5.97 Å². The second-order valence-corrected chi connectivity index (χ2v) is 16.6. The molecule has 4 rings (SSSR count). The van der Waals surface area contributed by atoms with Gasteiger partial charge in [0.05, 0.1) is 0 Å². The Balaban J connectivity index is 1.22. The molecule has 3 saturated carbocycles. The third kappa shape index (κ3) is 9.07. The lowest BCUT2D eigenvalue weighted by Crippen LogP contribution is -2.51. The number of allylic oxidation sites excluding steroid dienone is 7. The van der Waals surface area contributed by atoms with Gasteiger partial charge < -0.3 is 4.74 Å². The van der Waals surface area contributed by atoms with Crippen LogP contribution < -0.4 is 0 Å². The summed E-state index contributed by atoms with van der Waals surface area (Å²) in [7, 11) is 0. The van der Waals surface area contributed by atoms with Gasteiger partial charge in [-0.3, -0.25) is 4.79 Å². The molecular formula is C43H70O2. The summed E-state index contributed by atoms with van der Waals surface area (Å²) >= 11 is 0. The van der Waals surface area contributed by atoms with Crippen molar-refractivity contribution in [2.75, 3.05) is 0 Å². The molecule has 0 aromatic heterocycles. The second-order valence-electron chi connectivity index (χ2n) is 16.6. The first-order valence-electron chi connectivity index (χ1n) is 19.5. The molecule has 0 spiro atoms. The van der Waals surface area contributed by atoms with Gasteiger partial charge in [0.2, 0.25) is 0 Å². The monoisotopic (exact) mass is 619 g/mol. The molecule has 2 nitrogen and oxygen atoms in total. The Kier molecular flexibility index (Phi) is 13.7. The average Bonchev–Trinajstić information content (AvgIpc) is 3.37. The molecule has 0 heterocycles. The molecule has 0 amide bonds. The van der Waals surface area contributed by atoms with E-state index in [-0.39, 0.29) is 12.1 Å². The third-order valence-corrected chi connectivity index (χ3v) is 13.4. The molecule has 0 N–H and O–H groups in total. The summed E-state index contributed by atoms with van der Waals surface area (Å²) < 4.78 is 6.09. The number of hydrogen-bond acceptors (Lipinski definition) is 2. The molecule has 3 fully saturated rings. The molecule has 45 heavy (non-hydrogen) atoms. The first-order valence-corrected chi connectivity index (χ1v) is 19.5. The highest BCUT2D eigenvalue weighted by Crippen LogP contribution is 2.67. The first kappa shape index (κ1) is 36.3. The fourth-order valence-electron chi connectivity index (χ4n) is 10.1. The number of fused-ring (bicyclic) bond motifs is 5. The van der Waals surface area contributed by atoms with Gasteiger partial charge in [0.1, 0.15) is 6.10 Å². The van der Waals surface area contributed by atoms with E-state index in [1.165, 1.54) is 64.2 Å². The van der Waals surface area contributed by atoms with Crippen LogP contribution in [0.1, 0.15) is 158 Å². The van der Waals surface area contributed by atoms with Crippen LogP contribution in [0.5, 0.6) is 0 Å². The molecule has 0 radical (unpaired) electrons. The highest BCUT2D eigenvalue weighted by atomic mass is 16.5. The van der Waals surface area contributed by atoms with E-state index in [1.807, 2.05) is 0 Å². The van der Waals surface area contributed by atoms with Gasteiger partial charge in [0, 0.05) is 12.8 Å². The van der Waals surface area contributed by atoms with Crippen LogP contribution >= 0.6 is 0 Å². The lowest BCUT2D eigenvalue weighted by Gasteiger charge is -2.58. The SMILES string of the molecule is CCCCC/C=C\C/C=C\CCCCC(=O)OC1CCC2(C)C(=CCC3C2CCC2(C)C(C(C)/C=C/C(C)C(C)C)CCC32)C1. The normalized spacial score (nSPS) is 34.6. The number of carbonyl (C=O) groups excluding carboxylic acids is 1. The summed E-state index contributed by atoms with van der Waals surface area (Å²) in [6.45, 7) is 17.1. The molecule has 254 valence electrons. The van der Waals surface area contributed by atoms with Gasteiger partial charge in [-0.05, 0) is 136 Å². The second kappa shape index (κ2) is 17.0. The molecule has 0 saturated heterocycles. The lowest BCUT2D eigenvalue weighted by atomic mass is 9.47. The van der Waals surface area contributed by atoms with Crippen LogP contribution in [0.2, 0.25) is 0 Å². The minimum Gasteiger partial charge on any atom is -0.462 e. The van der Waals surface area contributed by atoms with Crippen molar-refractivity contribution in [3.05, 3.63) is 48.1 Å². The Hall–Kier alpha value is -1.57. The zero-order valence-corrected chi connectivity index (χ0v) is 30.5. The van der Waals surface area contributed by atoms with Gasteiger partial charge in [-0.1, -0.05) is 109 Å². The third-order valence-electron chi connectivity index (χ3n) is 13.4. The van der Waals surface area contributed by atoms with Crippen LogP contribution in [-0.2, 0) is 9.53 Å². The lowest BCUT2D eigenvalue weighted by molar-refractivity contribution is -0.151. The largest absolute Gasteiger partial charge is 0.462 e. The van der Waals surface area contributed by atoms with Gasteiger partial charge in [0.15, 0.2) is 0 Å². The van der Waals surface area contributed by atoms with Crippen molar-refractivity contribution in [3.8, 4) is 0 Å². The zero-order valence-electron chi connectivity index (χ0n) is 30.5. The van der Waals surface area contributed by atoms with Crippen LogP contribution in [0.25, 0.3) is 0 Å². The minimum atomic E-state index is 0.0215. The van der Waals surface area contributed by atoms with Crippen molar-refractivity contribution in [1.82, 2.24) is 0 Å². The fourth-order valence-corrected chi connectivity index (χ4v) is 10.1. The Bertz CT molecular complexity index is 1050. The molecule has 0 aromatic carbocycles. The van der Waals surface area contributed by atoms with E-state index in [1.54, 1.807) is 5.57 Å². The van der Waals surface area contributed by atoms with Crippen molar-refractivity contribution in [1.29, 1.82) is 0 Å². The smallest absolute Gasteiger partial charge is 0.306 e. The van der Waals surface area contributed by atoms with Gasteiger partial charge in [-0.2, -0.15) is 0 Å². The van der Waals surface area contributed by atoms with Crippen molar-refractivity contribution < 1.29 is 9.53 Å². The Morgan fingerprint density at radius 2 is 1.62 bits per heavy atom. The van der Waals surface area contributed by atoms with E-state index in [0.717, 1.165) is 62.2 Å². The van der Waals surface area contributed by atoms with E-state index in [0.29, 0.717) is 35.0 Å². The first-order chi connectivity index (χ1) is 21.6. The molecule has 4 aliphatic carbocycles. The summed E-state index contributed by atoms with van der Waals surface area (Å²) in [5.41, 5.74) is 2.41. The van der Waals surface area contributed by atoms with Gasteiger partial charge in [-0.15, -0.1) is 0 Å². The predicted molar refractivity (Wildman–Crippen MR) is 193 cm³/mol. The maximum absolute atomic E-state index is 12.8. The number of hydrogen-bond donors (Lipinski definition) is 0. The summed E-state index contributed by atoms with van der Waals surface area (Å²) in [5.74, 6) is 5.41. The number of rotatable bonds is 16. The molecular weight excluding hydrogens is 548 g/mol. The van der Waals surface area contributed by atoms with E-state index < -0.39 is 0 Å². The summed E-state index contributed by atoms with van der Waals surface area (Å²) in [6, 6.07) is 0. The maximum atomic E-state index is 12.8. The van der Waals surface area contributed by atoms with Crippen LogP contribution in [0.4, 0.5) is 0 Å². The molecule has 4 aliphatic rings. The van der Waals surface area contributed by atoms with Crippen molar-refractivity contribution in [2.24, 2.45) is 52.3 Å². The van der Waals surface area contributed by atoms with E-state index in [9.17, 15) is 4.79 Å². The molecule has 2 heteroatoms. The maximum Gasteiger partial charge on any atom is 0.306 e. The Labute approximate surface area is 279 Å². The van der Waals surface area contributed by atoms with Crippen molar-refractivity contribution in [2.45, 2.75) is 164 Å². The number of ether oxygens (including phenoxy) is 1. The molecule has 0 aromatic rings. The number of esters is 1. The van der Waals surface area contributed by atoms with Crippen LogP contribution in [0.3, 0.4) is 0 Å². The Morgan fingerprint density at radius 1 is 0.889 bits per heavy atom. The highest BCUT2D eigenvalue weighted by molar-refractivity contribution is 5.69. The van der Waals surface area contributed by atoms with Crippen LogP contribution in [-0.4, -0.2) is 12.1 Å². The van der Waals surface area contributed by atoms with Gasteiger partial charge >= 0.3 is 5.97 Å². The highest BCUT2D eigenvalue weighted by Gasteiger charge is 2.59. The van der Waals surface area contributed by atoms with E-state index >= 15 is 0 Å². The molecule has 9 unspecified atom stereocenters. The summed E-state index contributed by atoms with van der Waals surface area (Å²) in [5, 5.41) is 0. The predicted octanol–water partition coefficient (Wildman–Crippen LogP) is 12.6. The minimum absolute atomic E-state index is 0.0215. The van der Waals surface area contributed by atoms with Crippen molar-refractivity contribution in [3.63, 3.8) is 0 Å². The van der Waals surface area contributed by atoms with Gasteiger partial charge in [-0.25, -0.2) is 0 Å². The van der Waals surface area contributed by atoms with Gasteiger partial charge in [0.25, 0.3) is 0 Å². The average molecular weight is 619 g/mol.